The summed E-state index contributed by atoms with van der Waals surface area (Å²) >= 11 is 1.29. The highest BCUT2D eigenvalue weighted by atomic mass is 32.1. The third-order valence-corrected chi connectivity index (χ3v) is 4.37. The first-order chi connectivity index (χ1) is 10.8. The number of amides is 2. The lowest BCUT2D eigenvalue weighted by atomic mass is 10.1. The molecule has 0 atom stereocenters. The zero-order valence-corrected chi connectivity index (χ0v) is 12.2. The summed E-state index contributed by atoms with van der Waals surface area (Å²) in [5, 5.41) is 2.26. The normalized spacial score (nSPS) is 13.5. The average Bonchev–Trinajstić information content (AvgIpc) is 3.13. The molecule has 0 aliphatic carbocycles. The predicted molar refractivity (Wildman–Crippen MR) is 85.1 cm³/mol. The zero-order valence-electron chi connectivity index (χ0n) is 11.4. The number of rotatable bonds is 2. The van der Waals surface area contributed by atoms with Crippen LogP contribution in [0.2, 0.25) is 0 Å². The summed E-state index contributed by atoms with van der Waals surface area (Å²) in [7, 11) is 0. The Morgan fingerprint density at radius 1 is 0.818 bits per heavy atom. The first-order valence-electron chi connectivity index (χ1n) is 6.74. The number of anilines is 1. The van der Waals surface area contributed by atoms with E-state index in [1.165, 1.54) is 11.3 Å². The summed E-state index contributed by atoms with van der Waals surface area (Å²) in [6.45, 7) is 0. The van der Waals surface area contributed by atoms with Gasteiger partial charge in [-0.1, -0.05) is 42.5 Å². The number of imide groups is 1. The largest absolute Gasteiger partial charge is 0.268 e. The molecular weight excluding hydrogens is 296 g/mol. The van der Waals surface area contributed by atoms with Gasteiger partial charge in [-0.05, 0) is 12.1 Å². The van der Waals surface area contributed by atoms with E-state index in [0.717, 1.165) is 16.2 Å². The third kappa shape index (κ3) is 1.87. The Bertz CT molecular complexity index is 851. The highest BCUT2D eigenvalue weighted by Crippen LogP contribution is 2.33. The van der Waals surface area contributed by atoms with E-state index < -0.39 is 0 Å². The van der Waals surface area contributed by atoms with Gasteiger partial charge in [0, 0.05) is 10.9 Å². The highest BCUT2D eigenvalue weighted by Gasteiger charge is 2.37. The number of hydrogen-bond acceptors (Lipinski definition) is 4. The van der Waals surface area contributed by atoms with Crippen LogP contribution in [0.4, 0.5) is 5.13 Å². The molecule has 2 amide bonds. The summed E-state index contributed by atoms with van der Waals surface area (Å²) in [6, 6.07) is 16.5. The van der Waals surface area contributed by atoms with E-state index in [1.54, 1.807) is 24.3 Å². The van der Waals surface area contributed by atoms with Gasteiger partial charge in [0.15, 0.2) is 5.13 Å². The van der Waals surface area contributed by atoms with Crippen LogP contribution in [0.1, 0.15) is 20.7 Å². The summed E-state index contributed by atoms with van der Waals surface area (Å²) in [5.41, 5.74) is 2.59. The Labute approximate surface area is 130 Å². The van der Waals surface area contributed by atoms with Crippen LogP contribution in [0.25, 0.3) is 11.3 Å². The molecular formula is C17H10N2O2S. The molecule has 0 spiro atoms. The smallest absolute Gasteiger partial charge is 0.268 e. The van der Waals surface area contributed by atoms with Crippen molar-refractivity contribution in [2.75, 3.05) is 4.90 Å². The second-order valence-corrected chi connectivity index (χ2v) is 5.71. The van der Waals surface area contributed by atoms with Gasteiger partial charge in [-0.2, -0.15) is 0 Å². The number of carbonyl (C=O) groups excluding carboxylic acids is 2. The third-order valence-electron chi connectivity index (χ3n) is 3.55. The molecule has 0 bridgehead atoms. The van der Waals surface area contributed by atoms with Crippen LogP contribution in [-0.4, -0.2) is 16.8 Å². The molecule has 2 aromatic carbocycles. The number of thiazole rings is 1. The highest BCUT2D eigenvalue weighted by molar-refractivity contribution is 7.14. The molecule has 3 aromatic rings. The van der Waals surface area contributed by atoms with E-state index in [1.807, 2.05) is 35.7 Å². The van der Waals surface area contributed by atoms with E-state index in [4.69, 9.17) is 0 Å². The Balaban J connectivity index is 1.74. The number of benzene rings is 2. The average molecular weight is 306 g/mol. The molecule has 0 fully saturated rings. The summed E-state index contributed by atoms with van der Waals surface area (Å²) < 4.78 is 0. The Morgan fingerprint density at radius 3 is 2.05 bits per heavy atom. The summed E-state index contributed by atoms with van der Waals surface area (Å²) in [5.74, 6) is -0.621. The number of hydrogen-bond donors (Lipinski definition) is 0. The fourth-order valence-corrected chi connectivity index (χ4v) is 3.30. The maximum Gasteiger partial charge on any atom is 0.268 e. The minimum absolute atomic E-state index is 0.311. The Kier molecular flexibility index (Phi) is 2.87. The number of carbonyl (C=O) groups is 2. The van der Waals surface area contributed by atoms with Crippen LogP contribution in [-0.2, 0) is 0 Å². The van der Waals surface area contributed by atoms with Crippen LogP contribution < -0.4 is 4.90 Å². The lowest BCUT2D eigenvalue weighted by molar-refractivity contribution is 0.0926. The van der Waals surface area contributed by atoms with E-state index in [-0.39, 0.29) is 11.8 Å². The molecule has 0 radical (unpaired) electrons. The van der Waals surface area contributed by atoms with Gasteiger partial charge in [0.1, 0.15) is 0 Å². The fraction of sp³-hybridized carbons (Fsp3) is 0. The summed E-state index contributed by atoms with van der Waals surface area (Å²) in [4.78, 5) is 30.5. The van der Waals surface area contributed by atoms with E-state index in [2.05, 4.69) is 4.98 Å². The molecule has 2 heterocycles. The fourth-order valence-electron chi connectivity index (χ4n) is 2.47. The molecule has 4 nitrogen and oxygen atoms in total. The molecule has 0 saturated heterocycles. The van der Waals surface area contributed by atoms with E-state index in [0.29, 0.717) is 16.3 Å². The predicted octanol–water partition coefficient (Wildman–Crippen LogP) is 3.61. The molecule has 5 heteroatoms. The van der Waals surface area contributed by atoms with Crippen molar-refractivity contribution in [1.29, 1.82) is 0 Å². The van der Waals surface area contributed by atoms with Crippen LogP contribution in [0.5, 0.6) is 0 Å². The van der Waals surface area contributed by atoms with Crippen LogP contribution in [0.15, 0.2) is 60.0 Å². The quantitative estimate of drug-likeness (QED) is 0.680. The SMILES string of the molecule is O=C1c2ccccc2C(=O)N1c1nc(-c2ccccc2)cs1. The number of aromatic nitrogens is 1. The standard InChI is InChI=1S/C17H10N2O2S/c20-15-12-8-4-5-9-13(12)16(21)19(15)17-18-14(10-22-17)11-6-2-1-3-7-11/h1-10H. The van der Waals surface area contributed by atoms with Crippen molar-refractivity contribution >= 4 is 28.3 Å². The molecule has 1 aromatic heterocycles. The van der Waals surface area contributed by atoms with Crippen molar-refractivity contribution in [2.45, 2.75) is 0 Å². The van der Waals surface area contributed by atoms with Gasteiger partial charge in [0.05, 0.1) is 16.8 Å². The second kappa shape index (κ2) is 4.89. The Hall–Kier alpha value is -2.79. The van der Waals surface area contributed by atoms with Crippen LogP contribution in [0.3, 0.4) is 0 Å². The van der Waals surface area contributed by atoms with Crippen molar-refractivity contribution in [1.82, 2.24) is 4.98 Å². The van der Waals surface area contributed by atoms with E-state index in [9.17, 15) is 9.59 Å². The van der Waals surface area contributed by atoms with Gasteiger partial charge >= 0.3 is 0 Å². The molecule has 0 N–H and O–H groups in total. The second-order valence-electron chi connectivity index (χ2n) is 4.87. The van der Waals surface area contributed by atoms with Crippen LogP contribution >= 0.6 is 11.3 Å². The molecule has 1 aliphatic rings. The molecule has 22 heavy (non-hydrogen) atoms. The first-order valence-corrected chi connectivity index (χ1v) is 7.62. The van der Waals surface area contributed by atoms with Gasteiger partial charge in [-0.25, -0.2) is 9.88 Å². The van der Waals surface area contributed by atoms with Crippen molar-refractivity contribution in [3.8, 4) is 11.3 Å². The summed E-state index contributed by atoms with van der Waals surface area (Å²) in [6.07, 6.45) is 0. The molecule has 0 unspecified atom stereocenters. The van der Waals surface area contributed by atoms with Gasteiger partial charge < -0.3 is 0 Å². The first kappa shape index (κ1) is 12.9. The van der Waals surface area contributed by atoms with Gasteiger partial charge in [-0.15, -0.1) is 11.3 Å². The number of fused-ring (bicyclic) bond motifs is 1. The molecule has 0 saturated carbocycles. The maximum atomic E-state index is 12.4. The van der Waals surface area contributed by atoms with Crippen molar-refractivity contribution in [3.63, 3.8) is 0 Å². The van der Waals surface area contributed by atoms with E-state index >= 15 is 0 Å². The van der Waals surface area contributed by atoms with Gasteiger partial charge in [0.25, 0.3) is 11.8 Å². The minimum Gasteiger partial charge on any atom is -0.268 e. The Morgan fingerprint density at radius 2 is 1.41 bits per heavy atom. The monoisotopic (exact) mass is 306 g/mol. The minimum atomic E-state index is -0.311. The lowest BCUT2D eigenvalue weighted by Gasteiger charge is -2.08. The lowest BCUT2D eigenvalue weighted by Crippen LogP contribution is -2.29. The van der Waals surface area contributed by atoms with Crippen LogP contribution in [0, 0.1) is 0 Å². The number of nitrogens with zero attached hydrogens (tertiary/aromatic N) is 2. The van der Waals surface area contributed by atoms with Gasteiger partial charge in [-0.3, -0.25) is 9.59 Å². The molecule has 1 aliphatic heterocycles. The van der Waals surface area contributed by atoms with Crippen molar-refractivity contribution in [3.05, 3.63) is 71.1 Å². The topological polar surface area (TPSA) is 50.3 Å². The zero-order chi connectivity index (χ0) is 15.1. The van der Waals surface area contributed by atoms with Crippen molar-refractivity contribution < 1.29 is 9.59 Å². The maximum absolute atomic E-state index is 12.4. The van der Waals surface area contributed by atoms with Gasteiger partial charge in [0.2, 0.25) is 0 Å². The molecule has 4 rings (SSSR count). The molecule has 106 valence electrons. The van der Waals surface area contributed by atoms with Crippen molar-refractivity contribution in [2.24, 2.45) is 0 Å².